The van der Waals surface area contributed by atoms with E-state index < -0.39 is 5.60 Å². The van der Waals surface area contributed by atoms with E-state index in [1.165, 1.54) is 0 Å². The molecule has 0 aliphatic carbocycles. The van der Waals surface area contributed by atoms with Crippen LogP contribution in [0.3, 0.4) is 0 Å². The highest BCUT2D eigenvalue weighted by Gasteiger charge is 2.23. The van der Waals surface area contributed by atoms with Crippen LogP contribution < -0.4 is 5.73 Å². The van der Waals surface area contributed by atoms with Crippen molar-refractivity contribution in [1.29, 1.82) is 0 Å². The molecule has 4 nitrogen and oxygen atoms in total. The van der Waals surface area contributed by atoms with Gasteiger partial charge in [-0.25, -0.2) is 0 Å². The fourth-order valence-corrected chi connectivity index (χ4v) is 1.37. The molecule has 0 saturated heterocycles. The number of amides is 1. The summed E-state index contributed by atoms with van der Waals surface area (Å²) < 4.78 is 5.25. The second-order valence-corrected chi connectivity index (χ2v) is 5.65. The summed E-state index contributed by atoms with van der Waals surface area (Å²) in [6.45, 7) is 8.73. The number of nitrogens with two attached hydrogens (primary N) is 1. The average molecular weight is 244 g/mol. The van der Waals surface area contributed by atoms with Gasteiger partial charge in [-0.15, -0.1) is 0 Å². The van der Waals surface area contributed by atoms with Crippen molar-refractivity contribution in [2.24, 2.45) is 11.7 Å². The number of ether oxygens (including phenoxy) is 1. The molecule has 17 heavy (non-hydrogen) atoms. The van der Waals surface area contributed by atoms with Gasteiger partial charge >= 0.3 is 0 Å². The zero-order valence-electron chi connectivity index (χ0n) is 12.1. The van der Waals surface area contributed by atoms with E-state index in [-0.39, 0.29) is 11.9 Å². The van der Waals surface area contributed by atoms with E-state index in [9.17, 15) is 4.79 Å². The van der Waals surface area contributed by atoms with E-state index in [4.69, 9.17) is 10.5 Å². The third kappa shape index (κ3) is 6.64. The van der Waals surface area contributed by atoms with Gasteiger partial charge < -0.3 is 15.4 Å². The van der Waals surface area contributed by atoms with Crippen molar-refractivity contribution in [3.63, 3.8) is 0 Å². The summed E-state index contributed by atoms with van der Waals surface area (Å²) in [6, 6.07) is 0.153. The second-order valence-electron chi connectivity index (χ2n) is 5.65. The highest BCUT2D eigenvalue weighted by Crippen LogP contribution is 2.14. The van der Waals surface area contributed by atoms with E-state index in [0.717, 1.165) is 6.42 Å². The first kappa shape index (κ1) is 16.4. The molecule has 0 radical (unpaired) electrons. The maximum atomic E-state index is 11.9. The summed E-state index contributed by atoms with van der Waals surface area (Å²) in [6.07, 6.45) is 1.24. The van der Waals surface area contributed by atoms with E-state index in [1.54, 1.807) is 12.0 Å². The Hall–Kier alpha value is -0.610. The molecule has 4 heteroatoms. The molecule has 2 N–H and O–H groups in total. The molecule has 1 atom stereocenters. The van der Waals surface area contributed by atoms with Crippen LogP contribution in [0, 0.1) is 5.92 Å². The number of carbonyl (C=O) groups is 1. The number of carbonyl (C=O) groups excluding carboxylic acids is 1. The second kappa shape index (κ2) is 6.97. The molecule has 0 bridgehead atoms. The average Bonchev–Trinajstić information content (AvgIpc) is 2.24. The Morgan fingerprint density at radius 3 is 2.35 bits per heavy atom. The first-order valence-electron chi connectivity index (χ1n) is 6.24. The Kier molecular flexibility index (Phi) is 6.72. The number of methoxy groups -OCH3 is 1. The predicted molar refractivity (Wildman–Crippen MR) is 70.8 cm³/mol. The van der Waals surface area contributed by atoms with Crippen LogP contribution in [-0.4, -0.2) is 43.2 Å². The lowest BCUT2D eigenvalue weighted by molar-refractivity contribution is -0.135. The maximum Gasteiger partial charge on any atom is 0.225 e. The fourth-order valence-electron chi connectivity index (χ4n) is 1.37. The zero-order chi connectivity index (χ0) is 13.6. The third-order valence-electron chi connectivity index (χ3n) is 3.21. The molecule has 0 aromatic heterocycles. The van der Waals surface area contributed by atoms with E-state index in [2.05, 4.69) is 13.8 Å². The van der Waals surface area contributed by atoms with Crippen LogP contribution in [0.15, 0.2) is 0 Å². The smallest absolute Gasteiger partial charge is 0.225 e. The highest BCUT2D eigenvalue weighted by molar-refractivity contribution is 5.76. The maximum absolute atomic E-state index is 11.9. The third-order valence-corrected chi connectivity index (χ3v) is 3.21. The van der Waals surface area contributed by atoms with Gasteiger partial charge in [0.25, 0.3) is 0 Å². The van der Waals surface area contributed by atoms with Gasteiger partial charge in [-0.1, -0.05) is 13.8 Å². The van der Waals surface area contributed by atoms with Crippen LogP contribution in [0.5, 0.6) is 0 Å². The molecule has 0 spiro atoms. The van der Waals surface area contributed by atoms with Crippen molar-refractivity contribution in [2.45, 2.75) is 52.2 Å². The normalized spacial score (nSPS) is 13.9. The highest BCUT2D eigenvalue weighted by atomic mass is 16.5. The minimum atomic E-state index is -0.397. The summed E-state index contributed by atoms with van der Waals surface area (Å²) in [4.78, 5) is 13.6. The van der Waals surface area contributed by atoms with Gasteiger partial charge in [-0.05, 0) is 26.2 Å². The lowest BCUT2D eigenvalue weighted by atomic mass is 10.0. The van der Waals surface area contributed by atoms with Gasteiger partial charge in [0, 0.05) is 26.7 Å². The summed E-state index contributed by atoms with van der Waals surface area (Å²) >= 11 is 0. The predicted octanol–water partition coefficient (Wildman–Crippen LogP) is 1.63. The Bertz CT molecular complexity index is 240. The lowest BCUT2D eigenvalue weighted by Crippen LogP contribution is -2.38. The molecular weight excluding hydrogens is 216 g/mol. The molecule has 0 aliphatic heterocycles. The monoisotopic (exact) mass is 244 g/mol. The molecule has 0 aromatic rings. The van der Waals surface area contributed by atoms with Gasteiger partial charge in [0.15, 0.2) is 0 Å². The first-order chi connectivity index (χ1) is 7.69. The minimum Gasteiger partial charge on any atom is -0.378 e. The van der Waals surface area contributed by atoms with Crippen LogP contribution in [0.4, 0.5) is 0 Å². The van der Waals surface area contributed by atoms with Crippen molar-refractivity contribution in [1.82, 2.24) is 4.90 Å². The molecule has 0 rings (SSSR count). The Morgan fingerprint density at radius 2 is 1.94 bits per heavy atom. The molecule has 0 aliphatic rings. The number of rotatable bonds is 7. The first-order valence-corrected chi connectivity index (χ1v) is 6.24. The molecule has 0 aromatic carbocycles. The standard InChI is InChI=1S/C13H28N2O2/c1-10(2)11(14)7-8-15(5)12(16)9-13(3,4)17-6/h10-11H,7-9,14H2,1-6H3. The van der Waals surface area contributed by atoms with Crippen LogP contribution >= 0.6 is 0 Å². The number of hydrogen-bond acceptors (Lipinski definition) is 3. The van der Waals surface area contributed by atoms with Crippen molar-refractivity contribution in [2.75, 3.05) is 20.7 Å². The summed E-state index contributed by atoms with van der Waals surface area (Å²) in [5.41, 5.74) is 5.56. The zero-order valence-corrected chi connectivity index (χ0v) is 12.1. The van der Waals surface area contributed by atoms with E-state index >= 15 is 0 Å². The number of hydrogen-bond donors (Lipinski definition) is 1. The van der Waals surface area contributed by atoms with Crippen molar-refractivity contribution in [3.05, 3.63) is 0 Å². The van der Waals surface area contributed by atoms with Gasteiger partial charge in [0.1, 0.15) is 0 Å². The van der Waals surface area contributed by atoms with Gasteiger partial charge in [-0.3, -0.25) is 4.79 Å². The Balaban J connectivity index is 4.07. The molecule has 0 heterocycles. The quantitative estimate of drug-likeness (QED) is 0.740. The summed E-state index contributed by atoms with van der Waals surface area (Å²) in [5, 5.41) is 0. The summed E-state index contributed by atoms with van der Waals surface area (Å²) in [5.74, 6) is 0.557. The van der Waals surface area contributed by atoms with E-state index in [0.29, 0.717) is 18.9 Å². The molecule has 1 amide bonds. The van der Waals surface area contributed by atoms with Crippen LogP contribution in [-0.2, 0) is 9.53 Å². The lowest BCUT2D eigenvalue weighted by Gasteiger charge is -2.27. The minimum absolute atomic E-state index is 0.104. The van der Waals surface area contributed by atoms with E-state index in [1.807, 2.05) is 20.9 Å². The SMILES string of the molecule is COC(C)(C)CC(=O)N(C)CCC(N)C(C)C. The van der Waals surface area contributed by atoms with Gasteiger partial charge in [0.05, 0.1) is 12.0 Å². The van der Waals surface area contributed by atoms with Crippen molar-refractivity contribution >= 4 is 5.91 Å². The van der Waals surface area contributed by atoms with Crippen LogP contribution in [0.2, 0.25) is 0 Å². The Labute approximate surface area is 105 Å². The van der Waals surface area contributed by atoms with Gasteiger partial charge in [0.2, 0.25) is 5.91 Å². The molecule has 1 unspecified atom stereocenters. The molecule has 0 fully saturated rings. The number of nitrogens with zero attached hydrogens (tertiary/aromatic N) is 1. The molecule has 102 valence electrons. The molecular formula is C13H28N2O2. The fraction of sp³-hybridized carbons (Fsp3) is 0.923. The van der Waals surface area contributed by atoms with Crippen molar-refractivity contribution < 1.29 is 9.53 Å². The largest absolute Gasteiger partial charge is 0.378 e. The van der Waals surface area contributed by atoms with Crippen LogP contribution in [0.1, 0.15) is 40.5 Å². The van der Waals surface area contributed by atoms with Gasteiger partial charge in [-0.2, -0.15) is 0 Å². The van der Waals surface area contributed by atoms with Crippen molar-refractivity contribution in [3.8, 4) is 0 Å². The molecule has 0 saturated carbocycles. The topological polar surface area (TPSA) is 55.6 Å². The Morgan fingerprint density at radius 1 is 1.41 bits per heavy atom. The van der Waals surface area contributed by atoms with Crippen LogP contribution in [0.25, 0.3) is 0 Å². The summed E-state index contributed by atoms with van der Waals surface area (Å²) in [7, 11) is 3.45.